The van der Waals surface area contributed by atoms with Crippen LogP contribution in [0, 0.1) is 12.7 Å². The second-order valence-corrected chi connectivity index (χ2v) is 8.42. The molecule has 3 rings (SSSR count). The van der Waals surface area contributed by atoms with Crippen molar-refractivity contribution in [1.82, 2.24) is 9.21 Å². The van der Waals surface area contributed by atoms with Crippen LogP contribution in [0.5, 0.6) is 0 Å². The first-order valence-corrected chi connectivity index (χ1v) is 9.88. The zero-order valence-corrected chi connectivity index (χ0v) is 15.3. The Morgan fingerprint density at radius 3 is 2.04 bits per heavy atom. The number of nitrogens with zero attached hydrogens (tertiary/aromatic N) is 2. The molecule has 1 aliphatic heterocycles. The first-order valence-electron chi connectivity index (χ1n) is 8.44. The Bertz CT molecular complexity index is 812. The van der Waals surface area contributed by atoms with Crippen molar-refractivity contribution in [3.63, 3.8) is 0 Å². The quantitative estimate of drug-likeness (QED) is 0.839. The van der Waals surface area contributed by atoms with Gasteiger partial charge in [0.1, 0.15) is 5.82 Å². The zero-order chi connectivity index (χ0) is 18.0. The molecule has 1 fully saturated rings. The van der Waals surface area contributed by atoms with E-state index in [-0.39, 0.29) is 11.9 Å². The summed E-state index contributed by atoms with van der Waals surface area (Å²) in [6.45, 7) is 6.24. The van der Waals surface area contributed by atoms with Gasteiger partial charge in [0.05, 0.1) is 4.90 Å². The predicted molar refractivity (Wildman–Crippen MR) is 96.3 cm³/mol. The Labute approximate surface area is 148 Å². The van der Waals surface area contributed by atoms with Crippen molar-refractivity contribution in [2.75, 3.05) is 26.2 Å². The lowest BCUT2D eigenvalue weighted by atomic mass is 10.1. The number of hydrogen-bond acceptors (Lipinski definition) is 3. The van der Waals surface area contributed by atoms with Crippen LogP contribution in [-0.2, 0) is 10.0 Å². The van der Waals surface area contributed by atoms with Crippen LogP contribution in [0.25, 0.3) is 0 Å². The fourth-order valence-electron chi connectivity index (χ4n) is 3.14. The van der Waals surface area contributed by atoms with Crippen LogP contribution in [0.4, 0.5) is 4.39 Å². The fourth-order valence-corrected chi connectivity index (χ4v) is 4.56. The number of hydrogen-bond donors (Lipinski definition) is 0. The van der Waals surface area contributed by atoms with Crippen LogP contribution in [0.15, 0.2) is 53.4 Å². The Morgan fingerprint density at radius 1 is 0.920 bits per heavy atom. The van der Waals surface area contributed by atoms with Gasteiger partial charge in [-0.2, -0.15) is 4.31 Å². The van der Waals surface area contributed by atoms with Gasteiger partial charge in [-0.1, -0.05) is 29.8 Å². The Kier molecular flexibility index (Phi) is 5.22. The first kappa shape index (κ1) is 18.0. The average molecular weight is 362 g/mol. The highest BCUT2D eigenvalue weighted by molar-refractivity contribution is 7.89. The highest BCUT2D eigenvalue weighted by atomic mass is 32.2. The van der Waals surface area contributed by atoms with E-state index in [0.717, 1.165) is 11.1 Å². The van der Waals surface area contributed by atoms with Crippen molar-refractivity contribution < 1.29 is 12.8 Å². The Morgan fingerprint density at radius 2 is 1.48 bits per heavy atom. The number of rotatable bonds is 4. The van der Waals surface area contributed by atoms with Gasteiger partial charge >= 0.3 is 0 Å². The summed E-state index contributed by atoms with van der Waals surface area (Å²) in [5.41, 5.74) is 2.08. The molecular weight excluding hydrogens is 339 g/mol. The first-order chi connectivity index (χ1) is 11.9. The minimum Gasteiger partial charge on any atom is -0.294 e. The SMILES string of the molecule is Cc1ccc(S(=O)(=O)N2CCN([C@@H](C)c3ccc(F)cc3)CC2)cc1. The molecule has 1 aliphatic rings. The molecule has 134 valence electrons. The van der Waals surface area contributed by atoms with Crippen molar-refractivity contribution in [3.8, 4) is 0 Å². The number of halogens is 1. The van der Waals surface area contributed by atoms with Crippen LogP contribution < -0.4 is 0 Å². The smallest absolute Gasteiger partial charge is 0.243 e. The molecule has 0 unspecified atom stereocenters. The normalized spacial score (nSPS) is 18.2. The van der Waals surface area contributed by atoms with Gasteiger partial charge in [-0.25, -0.2) is 12.8 Å². The molecule has 0 amide bonds. The highest BCUT2D eigenvalue weighted by Gasteiger charge is 2.30. The molecule has 0 bridgehead atoms. The van der Waals surface area contributed by atoms with E-state index < -0.39 is 10.0 Å². The van der Waals surface area contributed by atoms with Gasteiger partial charge < -0.3 is 0 Å². The van der Waals surface area contributed by atoms with E-state index in [4.69, 9.17) is 0 Å². The summed E-state index contributed by atoms with van der Waals surface area (Å²) in [7, 11) is -3.44. The third kappa shape index (κ3) is 3.92. The molecule has 25 heavy (non-hydrogen) atoms. The maximum atomic E-state index is 13.1. The van der Waals surface area contributed by atoms with Gasteiger partial charge in [0.2, 0.25) is 10.0 Å². The molecular formula is C19H23FN2O2S. The van der Waals surface area contributed by atoms with E-state index in [9.17, 15) is 12.8 Å². The van der Waals surface area contributed by atoms with Crippen molar-refractivity contribution in [3.05, 3.63) is 65.5 Å². The number of piperazine rings is 1. The van der Waals surface area contributed by atoms with Crippen LogP contribution in [0.2, 0.25) is 0 Å². The minimum atomic E-state index is -3.44. The van der Waals surface area contributed by atoms with Gasteiger partial charge in [0.15, 0.2) is 0 Å². The van der Waals surface area contributed by atoms with Crippen LogP contribution >= 0.6 is 0 Å². The predicted octanol–water partition coefficient (Wildman–Crippen LogP) is 3.20. The maximum absolute atomic E-state index is 13.1. The van der Waals surface area contributed by atoms with Crippen molar-refractivity contribution in [2.24, 2.45) is 0 Å². The molecule has 1 heterocycles. The fraction of sp³-hybridized carbons (Fsp3) is 0.368. The Balaban J connectivity index is 1.67. The van der Waals surface area contributed by atoms with Gasteiger partial charge in [0, 0.05) is 32.2 Å². The summed E-state index contributed by atoms with van der Waals surface area (Å²) < 4.78 is 40.1. The number of sulfonamides is 1. The molecule has 0 aliphatic carbocycles. The summed E-state index contributed by atoms with van der Waals surface area (Å²) in [6.07, 6.45) is 0. The van der Waals surface area contributed by atoms with Crippen LogP contribution in [0.3, 0.4) is 0 Å². The molecule has 0 N–H and O–H groups in total. The highest BCUT2D eigenvalue weighted by Crippen LogP contribution is 2.24. The van der Waals surface area contributed by atoms with Gasteiger partial charge in [-0.3, -0.25) is 4.90 Å². The molecule has 1 atom stereocenters. The summed E-state index contributed by atoms with van der Waals surface area (Å²) in [5, 5.41) is 0. The van der Waals surface area contributed by atoms with E-state index >= 15 is 0 Å². The summed E-state index contributed by atoms with van der Waals surface area (Å²) in [4.78, 5) is 2.58. The lowest BCUT2D eigenvalue weighted by Gasteiger charge is -2.37. The summed E-state index contributed by atoms with van der Waals surface area (Å²) in [6, 6.07) is 13.6. The average Bonchev–Trinajstić information content (AvgIpc) is 2.62. The second-order valence-electron chi connectivity index (χ2n) is 6.48. The monoisotopic (exact) mass is 362 g/mol. The second kappa shape index (κ2) is 7.23. The maximum Gasteiger partial charge on any atom is 0.243 e. The van der Waals surface area contributed by atoms with E-state index in [1.54, 1.807) is 28.6 Å². The Hall–Kier alpha value is -1.76. The summed E-state index contributed by atoms with van der Waals surface area (Å²) >= 11 is 0. The van der Waals surface area contributed by atoms with Gasteiger partial charge in [-0.05, 0) is 43.7 Å². The summed E-state index contributed by atoms with van der Waals surface area (Å²) in [5.74, 6) is -0.245. The number of benzene rings is 2. The lowest BCUT2D eigenvalue weighted by Crippen LogP contribution is -2.49. The lowest BCUT2D eigenvalue weighted by molar-refractivity contribution is 0.146. The molecule has 0 radical (unpaired) electrons. The third-order valence-corrected chi connectivity index (χ3v) is 6.74. The van der Waals surface area contributed by atoms with Crippen molar-refractivity contribution >= 4 is 10.0 Å². The zero-order valence-electron chi connectivity index (χ0n) is 14.5. The topological polar surface area (TPSA) is 40.6 Å². The molecule has 0 saturated carbocycles. The van der Waals surface area contributed by atoms with Crippen LogP contribution in [0.1, 0.15) is 24.1 Å². The molecule has 0 aromatic heterocycles. The van der Waals surface area contributed by atoms with Crippen LogP contribution in [-0.4, -0.2) is 43.8 Å². The van der Waals surface area contributed by atoms with E-state index in [1.165, 1.54) is 12.1 Å². The largest absolute Gasteiger partial charge is 0.294 e. The molecule has 6 heteroatoms. The third-order valence-electron chi connectivity index (χ3n) is 4.83. The van der Waals surface area contributed by atoms with E-state index in [1.807, 2.05) is 19.1 Å². The van der Waals surface area contributed by atoms with E-state index in [0.29, 0.717) is 31.1 Å². The van der Waals surface area contributed by atoms with Gasteiger partial charge in [0.25, 0.3) is 0 Å². The van der Waals surface area contributed by atoms with Crippen molar-refractivity contribution in [1.29, 1.82) is 0 Å². The minimum absolute atomic E-state index is 0.129. The van der Waals surface area contributed by atoms with E-state index in [2.05, 4.69) is 11.8 Å². The number of aryl methyl sites for hydroxylation is 1. The molecule has 2 aromatic carbocycles. The molecule has 0 spiro atoms. The van der Waals surface area contributed by atoms with Gasteiger partial charge in [-0.15, -0.1) is 0 Å². The molecule has 2 aromatic rings. The molecule has 4 nitrogen and oxygen atoms in total. The van der Waals surface area contributed by atoms with Crippen molar-refractivity contribution in [2.45, 2.75) is 24.8 Å². The molecule has 1 saturated heterocycles. The standard InChI is InChI=1S/C19H23FN2O2S/c1-15-3-9-19(10-4-15)25(23,24)22-13-11-21(12-14-22)16(2)17-5-7-18(20)8-6-17/h3-10,16H,11-14H2,1-2H3/t16-/m0/s1.